The van der Waals surface area contributed by atoms with E-state index in [1.165, 1.54) is 0 Å². The zero-order valence-electron chi connectivity index (χ0n) is 13.3. The summed E-state index contributed by atoms with van der Waals surface area (Å²) in [4.78, 5) is 0. The van der Waals surface area contributed by atoms with Gasteiger partial charge in [0.05, 0.1) is 12.5 Å². The van der Waals surface area contributed by atoms with Crippen LogP contribution >= 0.6 is 42.5 Å². The van der Waals surface area contributed by atoms with E-state index >= 15 is 0 Å². The molecule has 11 heteroatoms. The van der Waals surface area contributed by atoms with Crippen molar-refractivity contribution < 1.29 is 16.8 Å². The Kier molecular flexibility index (Phi) is 10.7. The molecule has 3 N–H and O–H groups in total. The highest BCUT2D eigenvalue weighted by Crippen LogP contribution is 2.16. The first kappa shape index (κ1) is 24.2. The fraction of sp³-hybridized carbons (Fsp3) is 0.143. The Labute approximate surface area is 169 Å². The number of nitrogens with one attached hydrogen (secondary N) is 1. The number of hydrogen-bond donors (Lipinski definition) is 2. The molecule has 0 aromatic heterocycles. The first-order valence-corrected chi connectivity index (χ1v) is 12.6. The van der Waals surface area contributed by atoms with Crippen molar-refractivity contribution >= 4 is 73.0 Å². The molecule has 0 radical (unpaired) electrons. The summed E-state index contributed by atoms with van der Waals surface area (Å²) in [5.41, 5.74) is 6.78. The largest absolute Gasteiger partial charge is 0.399 e. The summed E-state index contributed by atoms with van der Waals surface area (Å²) in [6, 6.07) is 14.5. The summed E-state index contributed by atoms with van der Waals surface area (Å²) < 4.78 is 44.6. The molecule has 0 aliphatic heterocycles. The number of nitrogen functional groups attached to an aromatic ring is 1. The predicted molar refractivity (Wildman–Crippen MR) is 112 cm³/mol. The van der Waals surface area contributed by atoms with Crippen LogP contribution in [-0.2, 0) is 19.1 Å². The summed E-state index contributed by atoms with van der Waals surface area (Å²) in [5.74, 6) is 0. The normalized spacial score (nSPS) is 10.6. The third-order valence-corrected chi connectivity index (χ3v) is 3.57. The van der Waals surface area contributed by atoms with Crippen LogP contribution in [0.4, 0.5) is 11.4 Å². The molecule has 2 aromatic carbocycles. The Morgan fingerprint density at radius 2 is 1.36 bits per heavy atom. The first-order valence-electron chi connectivity index (χ1n) is 6.40. The van der Waals surface area contributed by atoms with E-state index in [-0.39, 0.29) is 0 Å². The molecule has 6 nitrogen and oxygen atoms in total. The van der Waals surface area contributed by atoms with Crippen molar-refractivity contribution in [3.05, 3.63) is 57.5 Å². The van der Waals surface area contributed by atoms with E-state index in [9.17, 15) is 16.8 Å². The van der Waals surface area contributed by atoms with Crippen LogP contribution in [0.25, 0.3) is 0 Å². The van der Waals surface area contributed by atoms with Crippen molar-refractivity contribution in [1.29, 1.82) is 0 Å². The minimum atomic E-state index is -3.19. The molecule has 2 aromatic rings. The maximum Gasteiger partial charge on any atom is 0.229 e. The van der Waals surface area contributed by atoms with Gasteiger partial charge in [0.15, 0.2) is 0 Å². The van der Waals surface area contributed by atoms with Gasteiger partial charge in [-0.05, 0) is 36.4 Å². The van der Waals surface area contributed by atoms with E-state index in [1.807, 2.05) is 30.3 Å². The number of hydrogen-bond acceptors (Lipinski definition) is 5. The van der Waals surface area contributed by atoms with Gasteiger partial charge in [-0.25, -0.2) is 16.8 Å². The first-order chi connectivity index (χ1) is 11.3. The van der Waals surface area contributed by atoms with E-state index in [4.69, 9.17) is 5.73 Å². The van der Waals surface area contributed by atoms with Gasteiger partial charge in [-0.3, -0.25) is 4.72 Å². The van der Waals surface area contributed by atoms with Crippen LogP contribution in [0.2, 0.25) is 0 Å². The van der Waals surface area contributed by atoms with Crippen molar-refractivity contribution in [2.24, 2.45) is 0 Å². The Bertz CT molecular complexity index is 866. The van der Waals surface area contributed by atoms with Crippen molar-refractivity contribution in [2.45, 2.75) is 0 Å². The Balaban J connectivity index is 0.000000382. The molecule has 0 saturated heterocycles. The maximum absolute atomic E-state index is 10.8. The van der Waals surface area contributed by atoms with Crippen LogP contribution in [0.5, 0.6) is 0 Å². The van der Waals surface area contributed by atoms with Crippen LogP contribution < -0.4 is 10.5 Å². The highest BCUT2D eigenvalue weighted by Gasteiger charge is 2.00. The number of sulfonamides is 1. The quantitative estimate of drug-likeness (QED) is 0.445. The lowest BCUT2D eigenvalue weighted by atomic mass is 10.3. The molecule has 0 bridgehead atoms. The van der Waals surface area contributed by atoms with Gasteiger partial charge in [0.25, 0.3) is 0 Å². The fourth-order valence-electron chi connectivity index (χ4n) is 1.27. The lowest BCUT2D eigenvalue weighted by molar-refractivity contribution is 0.606. The molecular formula is C14H17Br2ClN2O4S2. The summed E-state index contributed by atoms with van der Waals surface area (Å²) in [6.07, 6.45) is 2.04. The molecule has 0 saturated carbocycles. The predicted octanol–water partition coefficient (Wildman–Crippen LogP) is 4.04. The molecule has 0 atom stereocenters. The zero-order chi connectivity index (χ0) is 19.7. The average molecular weight is 537 g/mol. The second-order valence-electron chi connectivity index (χ2n) is 4.62. The minimum Gasteiger partial charge on any atom is -0.399 e. The van der Waals surface area contributed by atoms with E-state index < -0.39 is 19.1 Å². The van der Waals surface area contributed by atoms with E-state index in [0.29, 0.717) is 5.69 Å². The Hall–Kier alpha value is -0.810. The van der Waals surface area contributed by atoms with Gasteiger partial charge in [0.2, 0.25) is 19.1 Å². The zero-order valence-corrected chi connectivity index (χ0v) is 18.8. The molecule has 0 fully saturated rings. The van der Waals surface area contributed by atoms with Crippen molar-refractivity contribution in [1.82, 2.24) is 0 Å². The highest BCUT2D eigenvalue weighted by atomic mass is 79.9. The summed E-state index contributed by atoms with van der Waals surface area (Å²) >= 11 is 6.52. The molecule has 2 rings (SSSR count). The lowest BCUT2D eigenvalue weighted by Gasteiger charge is -2.02. The standard InChI is InChI=1S/C7H8BrNO2S.C6H6BrN.CH3ClO2S/c1-12(10,11)9-7-4-2-3-6(8)5-7;7-5-2-1-3-6(8)4-5;1-5(2,3)4/h2-5,9H,1H3;1-4H,8H2;1H3. The fourth-order valence-corrected chi connectivity index (χ4v) is 2.64. The molecule has 0 unspecified atom stereocenters. The number of anilines is 2. The number of nitrogens with two attached hydrogens (primary N) is 1. The van der Waals surface area contributed by atoms with Crippen LogP contribution in [0, 0.1) is 0 Å². The van der Waals surface area contributed by atoms with Gasteiger partial charge < -0.3 is 5.73 Å². The minimum absolute atomic E-state index is 0.562. The summed E-state index contributed by atoms with van der Waals surface area (Å²) in [6.45, 7) is 0. The van der Waals surface area contributed by atoms with E-state index in [0.717, 1.165) is 27.1 Å². The average Bonchev–Trinajstić information content (AvgIpc) is 2.34. The van der Waals surface area contributed by atoms with Gasteiger partial charge in [0, 0.05) is 31.0 Å². The molecule has 0 heterocycles. The molecule has 0 amide bonds. The monoisotopic (exact) mass is 534 g/mol. The van der Waals surface area contributed by atoms with Gasteiger partial charge in [0.1, 0.15) is 0 Å². The van der Waals surface area contributed by atoms with Crippen LogP contribution in [0.1, 0.15) is 0 Å². The third kappa shape index (κ3) is 17.8. The summed E-state index contributed by atoms with van der Waals surface area (Å²) in [5, 5.41) is 0. The van der Waals surface area contributed by atoms with E-state index in [2.05, 4.69) is 47.3 Å². The van der Waals surface area contributed by atoms with Crippen LogP contribution in [-0.4, -0.2) is 29.3 Å². The van der Waals surface area contributed by atoms with Crippen molar-refractivity contribution in [3.63, 3.8) is 0 Å². The smallest absolute Gasteiger partial charge is 0.229 e. The van der Waals surface area contributed by atoms with Gasteiger partial charge in [-0.15, -0.1) is 0 Å². The van der Waals surface area contributed by atoms with Gasteiger partial charge in [-0.2, -0.15) is 0 Å². The summed E-state index contributed by atoms with van der Waals surface area (Å²) in [7, 11) is -1.86. The molecule has 0 aliphatic rings. The second kappa shape index (κ2) is 11.0. The lowest BCUT2D eigenvalue weighted by Crippen LogP contribution is -2.09. The third-order valence-electron chi connectivity index (χ3n) is 1.98. The molecule has 0 aliphatic carbocycles. The Morgan fingerprint density at radius 3 is 1.68 bits per heavy atom. The SMILES string of the molecule is CS(=O)(=O)Cl.CS(=O)(=O)Nc1cccc(Br)c1.Nc1cccc(Br)c1. The van der Waals surface area contributed by atoms with Crippen molar-refractivity contribution in [2.75, 3.05) is 23.0 Å². The molecule has 0 spiro atoms. The van der Waals surface area contributed by atoms with Gasteiger partial charge in [-0.1, -0.05) is 44.0 Å². The Morgan fingerprint density at radius 1 is 0.920 bits per heavy atom. The number of rotatable bonds is 2. The molecule has 25 heavy (non-hydrogen) atoms. The van der Waals surface area contributed by atoms with Crippen LogP contribution in [0.3, 0.4) is 0 Å². The maximum atomic E-state index is 10.8. The van der Waals surface area contributed by atoms with Crippen LogP contribution in [0.15, 0.2) is 57.5 Å². The topological polar surface area (TPSA) is 106 Å². The number of benzene rings is 2. The van der Waals surface area contributed by atoms with Gasteiger partial charge >= 0.3 is 0 Å². The van der Waals surface area contributed by atoms with Crippen molar-refractivity contribution in [3.8, 4) is 0 Å². The molecule has 140 valence electrons. The number of halogens is 3. The van der Waals surface area contributed by atoms with E-state index in [1.54, 1.807) is 18.2 Å². The molecular weight excluding hydrogens is 520 g/mol. The highest BCUT2D eigenvalue weighted by molar-refractivity contribution is 9.10. The second-order valence-corrected chi connectivity index (χ2v) is 11.2.